The van der Waals surface area contributed by atoms with Gasteiger partial charge in [0.15, 0.2) is 0 Å². The fourth-order valence-corrected chi connectivity index (χ4v) is 2.27. The van der Waals surface area contributed by atoms with E-state index in [9.17, 15) is 0 Å². The zero-order valence-corrected chi connectivity index (χ0v) is 11.3. The second-order valence-electron chi connectivity index (χ2n) is 5.54. The molecule has 0 saturated carbocycles. The van der Waals surface area contributed by atoms with Gasteiger partial charge in [-0.1, -0.05) is 12.1 Å². The van der Waals surface area contributed by atoms with Crippen molar-refractivity contribution in [2.75, 3.05) is 32.9 Å². The molecule has 20 heavy (non-hydrogen) atoms. The average molecular weight is 277 g/mol. The van der Waals surface area contributed by atoms with Crippen molar-refractivity contribution in [1.29, 1.82) is 0 Å². The lowest BCUT2D eigenvalue weighted by atomic mass is 10.1. The summed E-state index contributed by atoms with van der Waals surface area (Å²) in [6, 6.07) is 8.17. The van der Waals surface area contributed by atoms with E-state index in [0.29, 0.717) is 24.9 Å². The van der Waals surface area contributed by atoms with Crippen molar-refractivity contribution in [3.05, 3.63) is 29.8 Å². The van der Waals surface area contributed by atoms with Crippen LogP contribution in [0.4, 0.5) is 0 Å². The molecule has 5 heteroatoms. The van der Waals surface area contributed by atoms with Gasteiger partial charge in [-0.25, -0.2) is 0 Å². The van der Waals surface area contributed by atoms with Crippen LogP contribution < -0.4 is 10.1 Å². The fraction of sp³-hybridized carbons (Fsp3) is 0.600. The molecule has 4 rings (SSSR count). The van der Waals surface area contributed by atoms with E-state index in [1.807, 2.05) is 12.1 Å². The molecular formula is C15H19NO4. The molecule has 3 aliphatic rings. The summed E-state index contributed by atoms with van der Waals surface area (Å²) in [5.41, 5.74) is 1.22. The first-order valence-electron chi connectivity index (χ1n) is 7.20. The molecule has 3 aliphatic heterocycles. The molecule has 4 atom stereocenters. The van der Waals surface area contributed by atoms with E-state index in [2.05, 4.69) is 17.4 Å². The Kier molecular flexibility index (Phi) is 3.36. The van der Waals surface area contributed by atoms with Gasteiger partial charge in [0.2, 0.25) is 0 Å². The fourth-order valence-electron chi connectivity index (χ4n) is 2.27. The van der Waals surface area contributed by atoms with Crippen molar-refractivity contribution >= 4 is 0 Å². The summed E-state index contributed by atoms with van der Waals surface area (Å²) in [7, 11) is 0. The van der Waals surface area contributed by atoms with Crippen LogP contribution in [0.5, 0.6) is 5.75 Å². The second kappa shape index (κ2) is 5.33. The maximum absolute atomic E-state index is 5.69. The molecule has 1 N–H and O–H groups in total. The molecular weight excluding hydrogens is 258 g/mol. The van der Waals surface area contributed by atoms with E-state index in [4.69, 9.17) is 18.9 Å². The van der Waals surface area contributed by atoms with E-state index in [-0.39, 0.29) is 6.10 Å². The van der Waals surface area contributed by atoms with Crippen LogP contribution in [0.1, 0.15) is 11.7 Å². The van der Waals surface area contributed by atoms with Crippen molar-refractivity contribution < 1.29 is 18.9 Å². The zero-order chi connectivity index (χ0) is 13.4. The van der Waals surface area contributed by atoms with Gasteiger partial charge in [-0.2, -0.15) is 0 Å². The van der Waals surface area contributed by atoms with Gasteiger partial charge in [0.25, 0.3) is 0 Å². The first kappa shape index (κ1) is 12.6. The first-order chi connectivity index (χ1) is 9.88. The molecule has 3 heterocycles. The molecule has 1 aromatic rings. The summed E-state index contributed by atoms with van der Waals surface area (Å²) >= 11 is 0. The number of nitrogens with one attached hydrogen (secondary N) is 1. The highest BCUT2D eigenvalue weighted by Crippen LogP contribution is 2.38. The van der Waals surface area contributed by atoms with Crippen LogP contribution >= 0.6 is 0 Å². The normalized spacial score (nSPS) is 33.8. The highest BCUT2D eigenvalue weighted by Gasteiger charge is 2.39. The van der Waals surface area contributed by atoms with Crippen LogP contribution in [0.25, 0.3) is 0 Å². The Morgan fingerprint density at radius 1 is 1.05 bits per heavy atom. The third kappa shape index (κ3) is 3.30. The van der Waals surface area contributed by atoms with Gasteiger partial charge in [0, 0.05) is 13.1 Å². The Morgan fingerprint density at radius 3 is 2.50 bits per heavy atom. The molecule has 5 nitrogen and oxygen atoms in total. The SMILES string of the molecule is c1cc(C2OC2CNCC2CO2)ccc1OCC1CO1. The number of hydrogen-bond donors (Lipinski definition) is 1. The largest absolute Gasteiger partial charge is 0.491 e. The van der Waals surface area contributed by atoms with Gasteiger partial charge in [-0.05, 0) is 17.7 Å². The lowest BCUT2D eigenvalue weighted by molar-refractivity contribution is 0.263. The molecule has 0 spiro atoms. The van der Waals surface area contributed by atoms with Crippen LogP contribution in [0.15, 0.2) is 24.3 Å². The lowest BCUT2D eigenvalue weighted by Crippen LogP contribution is -2.24. The van der Waals surface area contributed by atoms with Crippen LogP contribution in [-0.4, -0.2) is 51.2 Å². The standard InChI is InChI=1S/C15H19NO4/c1-3-11(17-8-13-9-19-13)4-2-10(1)15-14(20-15)6-16-5-12-7-18-12/h1-4,12-16H,5-9H2. The summed E-state index contributed by atoms with van der Waals surface area (Å²) in [5, 5.41) is 3.37. The number of rotatable bonds is 8. The van der Waals surface area contributed by atoms with E-state index in [1.54, 1.807) is 0 Å². The summed E-state index contributed by atoms with van der Waals surface area (Å²) in [5.74, 6) is 0.894. The van der Waals surface area contributed by atoms with Gasteiger partial charge in [-0.15, -0.1) is 0 Å². The number of hydrogen-bond acceptors (Lipinski definition) is 5. The topological polar surface area (TPSA) is 58.8 Å². The Labute approximate surface area is 118 Å². The predicted molar refractivity (Wildman–Crippen MR) is 71.9 cm³/mol. The van der Waals surface area contributed by atoms with Crippen LogP contribution in [0.2, 0.25) is 0 Å². The van der Waals surface area contributed by atoms with Crippen molar-refractivity contribution in [3.63, 3.8) is 0 Å². The molecule has 3 saturated heterocycles. The highest BCUT2D eigenvalue weighted by atomic mass is 16.6. The molecule has 0 radical (unpaired) electrons. The summed E-state index contributed by atoms with van der Waals surface area (Å²) in [4.78, 5) is 0. The van der Waals surface area contributed by atoms with Crippen LogP contribution in [0, 0.1) is 0 Å². The second-order valence-corrected chi connectivity index (χ2v) is 5.54. The Hall–Kier alpha value is -1.14. The molecule has 0 aliphatic carbocycles. The Balaban J connectivity index is 1.22. The minimum Gasteiger partial charge on any atom is -0.491 e. The van der Waals surface area contributed by atoms with Crippen molar-refractivity contribution in [2.24, 2.45) is 0 Å². The molecule has 0 amide bonds. The summed E-state index contributed by atoms with van der Waals surface area (Å²) < 4.78 is 21.6. The first-order valence-corrected chi connectivity index (χ1v) is 7.20. The Bertz CT molecular complexity index is 455. The number of ether oxygens (including phenoxy) is 4. The maximum atomic E-state index is 5.69. The molecule has 0 aromatic heterocycles. The molecule has 1 aromatic carbocycles. The van der Waals surface area contributed by atoms with E-state index >= 15 is 0 Å². The molecule has 4 unspecified atom stereocenters. The molecule has 0 bridgehead atoms. The number of epoxide rings is 3. The van der Waals surface area contributed by atoms with E-state index in [0.717, 1.165) is 32.1 Å². The quantitative estimate of drug-likeness (QED) is 0.715. The smallest absolute Gasteiger partial charge is 0.119 e. The highest BCUT2D eigenvalue weighted by molar-refractivity contribution is 5.31. The van der Waals surface area contributed by atoms with Gasteiger partial charge in [-0.3, -0.25) is 0 Å². The van der Waals surface area contributed by atoms with E-state index < -0.39 is 0 Å². The number of benzene rings is 1. The van der Waals surface area contributed by atoms with Gasteiger partial charge < -0.3 is 24.3 Å². The summed E-state index contributed by atoms with van der Waals surface area (Å²) in [6.07, 6.45) is 1.25. The van der Waals surface area contributed by atoms with Crippen LogP contribution in [0.3, 0.4) is 0 Å². The third-order valence-corrected chi connectivity index (χ3v) is 3.75. The molecule has 108 valence electrons. The predicted octanol–water partition coefficient (Wildman–Crippen LogP) is 0.892. The Morgan fingerprint density at radius 2 is 1.80 bits per heavy atom. The maximum Gasteiger partial charge on any atom is 0.119 e. The zero-order valence-electron chi connectivity index (χ0n) is 11.3. The van der Waals surface area contributed by atoms with Gasteiger partial charge in [0.05, 0.1) is 19.3 Å². The van der Waals surface area contributed by atoms with Crippen molar-refractivity contribution in [2.45, 2.75) is 24.4 Å². The van der Waals surface area contributed by atoms with E-state index in [1.165, 1.54) is 5.56 Å². The lowest BCUT2D eigenvalue weighted by Gasteiger charge is -2.04. The van der Waals surface area contributed by atoms with Gasteiger partial charge in [0.1, 0.15) is 30.7 Å². The monoisotopic (exact) mass is 277 g/mol. The van der Waals surface area contributed by atoms with Gasteiger partial charge >= 0.3 is 0 Å². The summed E-state index contributed by atoms with van der Waals surface area (Å²) in [6.45, 7) is 4.20. The van der Waals surface area contributed by atoms with Crippen molar-refractivity contribution in [3.8, 4) is 5.75 Å². The van der Waals surface area contributed by atoms with Crippen LogP contribution in [-0.2, 0) is 14.2 Å². The molecule has 3 fully saturated rings. The average Bonchev–Trinajstić information content (AvgIpc) is 3.34. The third-order valence-electron chi connectivity index (χ3n) is 3.75. The van der Waals surface area contributed by atoms with Crippen molar-refractivity contribution in [1.82, 2.24) is 5.32 Å². The minimum absolute atomic E-state index is 0.225. The minimum atomic E-state index is 0.225.